The fraction of sp³-hybridized carbons (Fsp3) is 0.632. The maximum absolute atomic E-state index is 13.3. The smallest absolute Gasteiger partial charge is 0.272 e. The average molecular weight is 341 g/mol. The number of nitrogens with zero attached hydrogens (tertiary/aromatic N) is 5. The summed E-state index contributed by atoms with van der Waals surface area (Å²) in [7, 11) is 0. The van der Waals surface area contributed by atoms with Crippen LogP contribution in [0, 0.1) is 0 Å². The van der Waals surface area contributed by atoms with E-state index in [0.717, 1.165) is 30.8 Å². The maximum Gasteiger partial charge on any atom is 0.272 e. The molecule has 4 rings (SSSR count). The van der Waals surface area contributed by atoms with Gasteiger partial charge in [-0.3, -0.25) is 14.2 Å². The molecule has 0 radical (unpaired) electrons. The minimum absolute atomic E-state index is 0.103. The zero-order chi connectivity index (χ0) is 17.6. The van der Waals surface area contributed by atoms with Gasteiger partial charge in [-0.1, -0.05) is 0 Å². The summed E-state index contributed by atoms with van der Waals surface area (Å²) in [4.78, 5) is 15.3. The summed E-state index contributed by atoms with van der Waals surface area (Å²) >= 11 is 0. The lowest BCUT2D eigenvalue weighted by Gasteiger charge is -2.33. The predicted octanol–water partition coefficient (Wildman–Crippen LogP) is 3.19. The molecule has 1 amide bonds. The van der Waals surface area contributed by atoms with Gasteiger partial charge >= 0.3 is 0 Å². The number of rotatable bonds is 3. The summed E-state index contributed by atoms with van der Waals surface area (Å²) in [5.41, 5.74) is 1.62. The van der Waals surface area contributed by atoms with E-state index in [9.17, 15) is 4.79 Å². The molecule has 1 aliphatic carbocycles. The van der Waals surface area contributed by atoms with Crippen LogP contribution in [0.1, 0.15) is 74.6 Å². The van der Waals surface area contributed by atoms with Crippen LogP contribution in [-0.2, 0) is 5.54 Å². The first kappa shape index (κ1) is 16.4. The summed E-state index contributed by atoms with van der Waals surface area (Å²) in [6.45, 7) is 7.85. The highest BCUT2D eigenvalue weighted by molar-refractivity contribution is 5.93. The van der Waals surface area contributed by atoms with Gasteiger partial charge in [0.15, 0.2) is 0 Å². The number of amides is 1. The quantitative estimate of drug-likeness (QED) is 0.861. The van der Waals surface area contributed by atoms with Crippen molar-refractivity contribution in [2.75, 3.05) is 13.1 Å². The second-order valence-electron chi connectivity index (χ2n) is 8.34. The van der Waals surface area contributed by atoms with E-state index in [4.69, 9.17) is 5.10 Å². The number of piperidine rings is 1. The lowest BCUT2D eigenvalue weighted by Crippen LogP contribution is -2.42. The van der Waals surface area contributed by atoms with Crippen molar-refractivity contribution in [3.8, 4) is 0 Å². The predicted molar refractivity (Wildman–Crippen MR) is 95.6 cm³/mol. The molecule has 6 heteroatoms. The van der Waals surface area contributed by atoms with Gasteiger partial charge < -0.3 is 4.90 Å². The lowest BCUT2D eigenvalue weighted by molar-refractivity contribution is 0.0652. The Hall–Kier alpha value is -2.11. The average Bonchev–Trinajstić information content (AvgIpc) is 3.12. The first-order chi connectivity index (χ1) is 11.9. The summed E-state index contributed by atoms with van der Waals surface area (Å²) in [6.07, 6.45) is 8.26. The normalized spacial score (nSPS) is 21.6. The standard InChI is InChI=1S/C19H27N5O/c1-19(2,3)24-17(12-16(21-24)14-7-8-14)18(25)22-10-4-6-15(13-22)23-11-5-9-20-23/h5,9,11-12,14-15H,4,6-8,10,13H2,1-3H3/t15-/m1/s1. The SMILES string of the molecule is CC(C)(C)n1nc(C2CC2)cc1C(=O)N1CCC[C@@H](n2cccn2)C1. The Morgan fingerprint density at radius 2 is 2.04 bits per heavy atom. The van der Waals surface area contributed by atoms with Crippen LogP contribution in [0.15, 0.2) is 24.5 Å². The van der Waals surface area contributed by atoms with Crippen molar-refractivity contribution in [1.29, 1.82) is 0 Å². The van der Waals surface area contributed by atoms with Crippen molar-refractivity contribution in [3.63, 3.8) is 0 Å². The van der Waals surface area contributed by atoms with Crippen LogP contribution in [0.25, 0.3) is 0 Å². The summed E-state index contributed by atoms with van der Waals surface area (Å²) in [5.74, 6) is 0.652. The lowest BCUT2D eigenvalue weighted by atomic mass is 10.0. The van der Waals surface area contributed by atoms with Crippen molar-refractivity contribution in [1.82, 2.24) is 24.5 Å². The van der Waals surface area contributed by atoms with Crippen LogP contribution in [0.5, 0.6) is 0 Å². The summed E-state index contributed by atoms with van der Waals surface area (Å²) < 4.78 is 3.91. The molecule has 1 saturated heterocycles. The highest BCUT2D eigenvalue weighted by Gasteiger charge is 2.34. The van der Waals surface area contributed by atoms with E-state index in [1.807, 2.05) is 32.6 Å². The van der Waals surface area contributed by atoms with Crippen LogP contribution < -0.4 is 0 Å². The van der Waals surface area contributed by atoms with Gasteiger partial charge in [-0.05, 0) is 58.6 Å². The molecule has 0 aromatic carbocycles. The number of carbonyl (C=O) groups is 1. The topological polar surface area (TPSA) is 56.0 Å². The molecule has 2 aromatic rings. The monoisotopic (exact) mass is 341 g/mol. The van der Waals surface area contributed by atoms with Crippen molar-refractivity contribution in [2.24, 2.45) is 0 Å². The molecule has 3 heterocycles. The van der Waals surface area contributed by atoms with E-state index >= 15 is 0 Å². The van der Waals surface area contributed by atoms with E-state index in [1.54, 1.807) is 6.20 Å². The van der Waals surface area contributed by atoms with E-state index < -0.39 is 0 Å². The second-order valence-corrected chi connectivity index (χ2v) is 8.34. The van der Waals surface area contributed by atoms with Crippen LogP contribution in [-0.4, -0.2) is 43.5 Å². The minimum atomic E-state index is -0.199. The van der Waals surface area contributed by atoms with Gasteiger partial charge in [0, 0.05) is 31.4 Å². The molecule has 6 nitrogen and oxygen atoms in total. The van der Waals surface area contributed by atoms with E-state index in [0.29, 0.717) is 12.5 Å². The van der Waals surface area contributed by atoms with Gasteiger partial charge in [-0.2, -0.15) is 10.2 Å². The molecule has 2 fully saturated rings. The van der Waals surface area contributed by atoms with Gasteiger partial charge in [0.2, 0.25) is 0 Å². The number of hydrogen-bond donors (Lipinski definition) is 0. The van der Waals surface area contributed by atoms with Gasteiger partial charge in [-0.25, -0.2) is 0 Å². The van der Waals surface area contributed by atoms with Gasteiger partial charge in [-0.15, -0.1) is 0 Å². The van der Waals surface area contributed by atoms with E-state index in [2.05, 4.69) is 25.9 Å². The molecule has 25 heavy (non-hydrogen) atoms. The first-order valence-corrected chi connectivity index (χ1v) is 9.32. The van der Waals surface area contributed by atoms with Gasteiger partial charge in [0.25, 0.3) is 5.91 Å². The summed E-state index contributed by atoms with van der Waals surface area (Å²) in [5, 5.41) is 9.14. The fourth-order valence-corrected chi connectivity index (χ4v) is 3.66. The van der Waals surface area contributed by atoms with Crippen molar-refractivity contribution < 1.29 is 4.79 Å². The Balaban J connectivity index is 1.59. The molecule has 1 aliphatic heterocycles. The Morgan fingerprint density at radius 1 is 1.24 bits per heavy atom. The molecule has 1 saturated carbocycles. The molecule has 1 atom stereocenters. The molecule has 134 valence electrons. The Kier molecular flexibility index (Phi) is 3.93. The van der Waals surface area contributed by atoms with E-state index in [-0.39, 0.29) is 17.5 Å². The molecule has 0 spiro atoms. The molecular formula is C19H27N5O. The Labute approximate surface area is 148 Å². The highest BCUT2D eigenvalue weighted by atomic mass is 16.2. The largest absolute Gasteiger partial charge is 0.335 e. The van der Waals surface area contributed by atoms with Crippen LogP contribution in [0.2, 0.25) is 0 Å². The third-order valence-electron chi connectivity index (χ3n) is 5.16. The molecule has 0 unspecified atom stereocenters. The van der Waals surface area contributed by atoms with Gasteiger partial charge in [0.05, 0.1) is 17.3 Å². The zero-order valence-electron chi connectivity index (χ0n) is 15.4. The fourth-order valence-electron chi connectivity index (χ4n) is 3.66. The third kappa shape index (κ3) is 3.22. The van der Waals surface area contributed by atoms with E-state index in [1.165, 1.54) is 12.8 Å². The van der Waals surface area contributed by atoms with Crippen molar-refractivity contribution >= 4 is 5.91 Å². The third-order valence-corrected chi connectivity index (χ3v) is 5.16. The molecule has 0 bridgehead atoms. The number of likely N-dealkylation sites (tertiary alicyclic amines) is 1. The number of aromatic nitrogens is 4. The van der Waals surface area contributed by atoms with Crippen LogP contribution in [0.4, 0.5) is 0 Å². The molecule has 2 aliphatic rings. The second kappa shape index (κ2) is 6.00. The Morgan fingerprint density at radius 3 is 2.68 bits per heavy atom. The minimum Gasteiger partial charge on any atom is -0.335 e. The summed E-state index contributed by atoms with van der Waals surface area (Å²) in [6, 6.07) is 4.24. The van der Waals surface area contributed by atoms with Crippen molar-refractivity contribution in [2.45, 2.75) is 64.0 Å². The molecule has 2 aromatic heterocycles. The Bertz CT molecular complexity index is 751. The molecular weight excluding hydrogens is 314 g/mol. The number of carbonyl (C=O) groups excluding carboxylic acids is 1. The zero-order valence-corrected chi connectivity index (χ0v) is 15.4. The number of hydrogen-bond acceptors (Lipinski definition) is 3. The van der Waals surface area contributed by atoms with Crippen LogP contribution >= 0.6 is 0 Å². The van der Waals surface area contributed by atoms with Crippen molar-refractivity contribution in [3.05, 3.63) is 35.9 Å². The first-order valence-electron chi connectivity index (χ1n) is 9.32. The molecule has 0 N–H and O–H groups in total. The van der Waals surface area contributed by atoms with Gasteiger partial charge in [0.1, 0.15) is 5.69 Å². The van der Waals surface area contributed by atoms with Crippen LogP contribution in [0.3, 0.4) is 0 Å². The maximum atomic E-state index is 13.3. The highest BCUT2D eigenvalue weighted by Crippen LogP contribution is 2.40.